The Morgan fingerprint density at radius 3 is 2.67 bits per heavy atom. The van der Waals surface area contributed by atoms with Crippen molar-refractivity contribution in [3.63, 3.8) is 0 Å². The molecular formula is C16H22O2. The largest absolute Gasteiger partial charge is 0.388 e. The van der Waals surface area contributed by atoms with Gasteiger partial charge in [0.2, 0.25) is 0 Å². The van der Waals surface area contributed by atoms with Gasteiger partial charge in [0.15, 0.2) is 0 Å². The van der Waals surface area contributed by atoms with Crippen LogP contribution in [0.1, 0.15) is 55.8 Å². The Hall–Kier alpha value is -0.860. The SMILES string of the molecule is CC1CC(C(O)c2ccccc2C2CCC2)CO1. The van der Waals surface area contributed by atoms with Crippen molar-refractivity contribution >= 4 is 0 Å². The van der Waals surface area contributed by atoms with Gasteiger partial charge >= 0.3 is 0 Å². The van der Waals surface area contributed by atoms with Crippen LogP contribution in [0, 0.1) is 5.92 Å². The average molecular weight is 246 g/mol. The van der Waals surface area contributed by atoms with Crippen molar-refractivity contribution in [1.82, 2.24) is 0 Å². The predicted octanol–water partition coefficient (Wildman–Crippen LogP) is 3.41. The quantitative estimate of drug-likeness (QED) is 0.885. The zero-order valence-corrected chi connectivity index (χ0v) is 11.0. The number of aliphatic hydroxyl groups excluding tert-OH is 1. The molecule has 1 heterocycles. The molecular weight excluding hydrogens is 224 g/mol. The minimum Gasteiger partial charge on any atom is -0.388 e. The molecule has 0 amide bonds. The van der Waals surface area contributed by atoms with Crippen molar-refractivity contribution < 1.29 is 9.84 Å². The Morgan fingerprint density at radius 1 is 1.28 bits per heavy atom. The molecule has 18 heavy (non-hydrogen) atoms. The first kappa shape index (κ1) is 12.2. The van der Waals surface area contributed by atoms with Gasteiger partial charge in [-0.3, -0.25) is 0 Å². The van der Waals surface area contributed by atoms with Gasteiger partial charge in [0.05, 0.1) is 18.8 Å². The maximum absolute atomic E-state index is 10.6. The van der Waals surface area contributed by atoms with Gasteiger partial charge in [0.1, 0.15) is 0 Å². The molecule has 0 aromatic heterocycles. The molecule has 1 saturated heterocycles. The molecule has 2 fully saturated rings. The lowest BCUT2D eigenvalue weighted by molar-refractivity contribution is 0.0794. The van der Waals surface area contributed by atoms with E-state index in [9.17, 15) is 5.11 Å². The lowest BCUT2D eigenvalue weighted by Gasteiger charge is -2.30. The van der Waals surface area contributed by atoms with Crippen LogP contribution in [-0.2, 0) is 4.74 Å². The molecule has 1 aliphatic heterocycles. The van der Waals surface area contributed by atoms with Gasteiger partial charge in [-0.1, -0.05) is 30.7 Å². The van der Waals surface area contributed by atoms with Crippen LogP contribution in [0.25, 0.3) is 0 Å². The lowest BCUT2D eigenvalue weighted by atomic mass is 9.76. The highest BCUT2D eigenvalue weighted by atomic mass is 16.5. The molecule has 1 aromatic rings. The van der Waals surface area contributed by atoms with E-state index in [1.165, 1.54) is 24.8 Å². The Bertz CT molecular complexity index is 411. The third kappa shape index (κ3) is 2.19. The summed E-state index contributed by atoms with van der Waals surface area (Å²) in [5, 5.41) is 10.6. The highest BCUT2D eigenvalue weighted by Gasteiger charge is 2.32. The third-order valence-electron chi connectivity index (χ3n) is 4.54. The molecule has 1 saturated carbocycles. The van der Waals surface area contributed by atoms with Crippen LogP contribution in [0.2, 0.25) is 0 Å². The fourth-order valence-electron chi connectivity index (χ4n) is 3.20. The first-order valence-corrected chi connectivity index (χ1v) is 7.14. The Morgan fingerprint density at radius 2 is 2.06 bits per heavy atom. The minimum atomic E-state index is -0.355. The van der Waals surface area contributed by atoms with E-state index >= 15 is 0 Å². The number of benzene rings is 1. The molecule has 2 aliphatic rings. The first-order valence-electron chi connectivity index (χ1n) is 7.14. The highest BCUT2D eigenvalue weighted by Crippen LogP contribution is 2.42. The predicted molar refractivity (Wildman–Crippen MR) is 71.5 cm³/mol. The maximum Gasteiger partial charge on any atom is 0.0843 e. The summed E-state index contributed by atoms with van der Waals surface area (Å²) >= 11 is 0. The Kier molecular flexibility index (Phi) is 3.40. The molecule has 3 unspecified atom stereocenters. The van der Waals surface area contributed by atoms with Crippen molar-refractivity contribution in [2.24, 2.45) is 5.92 Å². The van der Waals surface area contributed by atoms with Crippen LogP contribution in [0.15, 0.2) is 24.3 Å². The highest BCUT2D eigenvalue weighted by molar-refractivity contribution is 5.33. The Labute approximate surface area is 109 Å². The van der Waals surface area contributed by atoms with E-state index in [0.29, 0.717) is 18.6 Å². The van der Waals surface area contributed by atoms with Gasteiger partial charge in [-0.2, -0.15) is 0 Å². The molecule has 3 atom stereocenters. The zero-order chi connectivity index (χ0) is 12.5. The second kappa shape index (κ2) is 5.02. The molecule has 1 aromatic carbocycles. The van der Waals surface area contributed by atoms with Crippen molar-refractivity contribution in [2.45, 2.75) is 50.7 Å². The van der Waals surface area contributed by atoms with E-state index in [1.807, 2.05) is 6.07 Å². The van der Waals surface area contributed by atoms with Gasteiger partial charge in [0.25, 0.3) is 0 Å². The summed E-state index contributed by atoms with van der Waals surface area (Å²) in [6.07, 6.45) is 4.80. The molecule has 0 bridgehead atoms. The summed E-state index contributed by atoms with van der Waals surface area (Å²) in [4.78, 5) is 0. The van der Waals surface area contributed by atoms with Crippen molar-refractivity contribution in [3.05, 3.63) is 35.4 Å². The van der Waals surface area contributed by atoms with E-state index in [0.717, 1.165) is 12.0 Å². The molecule has 2 heteroatoms. The van der Waals surface area contributed by atoms with E-state index in [-0.39, 0.29) is 12.0 Å². The molecule has 3 rings (SSSR count). The summed E-state index contributed by atoms with van der Waals surface area (Å²) in [7, 11) is 0. The lowest BCUT2D eigenvalue weighted by Crippen LogP contribution is -2.18. The summed E-state index contributed by atoms with van der Waals surface area (Å²) in [5.74, 6) is 0.942. The molecule has 1 aliphatic carbocycles. The van der Waals surface area contributed by atoms with Gasteiger partial charge < -0.3 is 9.84 Å². The van der Waals surface area contributed by atoms with Gasteiger partial charge in [-0.15, -0.1) is 0 Å². The molecule has 2 nitrogen and oxygen atoms in total. The smallest absolute Gasteiger partial charge is 0.0843 e. The summed E-state index contributed by atoms with van der Waals surface area (Å²) in [6, 6.07) is 8.43. The van der Waals surface area contributed by atoms with Crippen molar-refractivity contribution in [1.29, 1.82) is 0 Å². The monoisotopic (exact) mass is 246 g/mol. The van der Waals surface area contributed by atoms with Gasteiger partial charge in [-0.25, -0.2) is 0 Å². The summed E-state index contributed by atoms with van der Waals surface area (Å²) in [5.41, 5.74) is 2.51. The van der Waals surface area contributed by atoms with Gasteiger partial charge in [0, 0.05) is 5.92 Å². The van der Waals surface area contributed by atoms with E-state index < -0.39 is 0 Å². The normalized spacial score (nSPS) is 30.1. The van der Waals surface area contributed by atoms with Crippen LogP contribution in [0.5, 0.6) is 0 Å². The fraction of sp³-hybridized carbons (Fsp3) is 0.625. The molecule has 0 spiro atoms. The van der Waals surface area contributed by atoms with Crippen LogP contribution in [-0.4, -0.2) is 17.8 Å². The van der Waals surface area contributed by atoms with Crippen LogP contribution in [0.3, 0.4) is 0 Å². The van der Waals surface area contributed by atoms with E-state index in [2.05, 4.69) is 25.1 Å². The summed E-state index contributed by atoms with van der Waals surface area (Å²) < 4.78 is 5.59. The van der Waals surface area contributed by atoms with Gasteiger partial charge in [-0.05, 0) is 43.2 Å². The Balaban J connectivity index is 1.82. The van der Waals surface area contributed by atoms with Crippen molar-refractivity contribution in [3.8, 4) is 0 Å². The number of hydrogen-bond acceptors (Lipinski definition) is 2. The van der Waals surface area contributed by atoms with E-state index in [4.69, 9.17) is 4.74 Å². The third-order valence-corrected chi connectivity index (χ3v) is 4.54. The van der Waals surface area contributed by atoms with Crippen LogP contribution >= 0.6 is 0 Å². The van der Waals surface area contributed by atoms with Crippen LogP contribution < -0.4 is 0 Å². The molecule has 0 radical (unpaired) electrons. The second-order valence-electron chi connectivity index (χ2n) is 5.84. The second-order valence-corrected chi connectivity index (χ2v) is 5.84. The van der Waals surface area contributed by atoms with Crippen LogP contribution in [0.4, 0.5) is 0 Å². The summed E-state index contributed by atoms with van der Waals surface area (Å²) in [6.45, 7) is 2.78. The molecule has 1 N–H and O–H groups in total. The molecule has 98 valence electrons. The number of rotatable bonds is 3. The van der Waals surface area contributed by atoms with E-state index in [1.54, 1.807) is 0 Å². The average Bonchev–Trinajstić information content (AvgIpc) is 2.74. The first-order chi connectivity index (χ1) is 8.75. The fourth-order valence-corrected chi connectivity index (χ4v) is 3.20. The zero-order valence-electron chi connectivity index (χ0n) is 11.0. The minimum absolute atomic E-state index is 0.265. The number of hydrogen-bond donors (Lipinski definition) is 1. The maximum atomic E-state index is 10.6. The topological polar surface area (TPSA) is 29.5 Å². The number of ether oxygens (including phenoxy) is 1. The van der Waals surface area contributed by atoms with Crippen molar-refractivity contribution in [2.75, 3.05) is 6.61 Å². The number of aliphatic hydroxyl groups is 1. The standard InChI is InChI=1S/C16H22O2/c1-11-9-13(10-18-11)16(17)15-8-3-2-7-14(15)12-5-4-6-12/h2-3,7-8,11-13,16-17H,4-6,9-10H2,1H3.